The molecule has 51 heavy (non-hydrogen) atoms. The largest absolute Gasteiger partial charge is 0.496 e. The second-order valence-corrected chi connectivity index (χ2v) is 13.3. The predicted octanol–water partition coefficient (Wildman–Crippen LogP) is 5.50. The molecule has 1 saturated carbocycles. The molecule has 1 aliphatic carbocycles. The van der Waals surface area contributed by atoms with Crippen LogP contribution in [0.15, 0.2) is 67.3 Å². The van der Waals surface area contributed by atoms with Crippen molar-refractivity contribution in [3.05, 3.63) is 72.8 Å². The van der Waals surface area contributed by atoms with Crippen molar-refractivity contribution >= 4 is 40.9 Å². The zero-order valence-electron chi connectivity index (χ0n) is 28.9. The number of hydrogen-bond acceptors (Lipinski definition) is 8. The maximum atomic E-state index is 14.3. The van der Waals surface area contributed by atoms with Crippen LogP contribution in [0.2, 0.25) is 0 Å². The average molecular weight is 697 g/mol. The number of pyridine rings is 1. The number of ether oxygens (including phenoxy) is 3. The summed E-state index contributed by atoms with van der Waals surface area (Å²) in [4.78, 5) is 59.8. The summed E-state index contributed by atoms with van der Waals surface area (Å²) in [5.41, 5.74) is 1.48. The lowest BCUT2D eigenvalue weighted by Crippen LogP contribution is -2.56. The molecule has 3 amide bonds. The fourth-order valence-corrected chi connectivity index (χ4v) is 6.90. The number of allylic oxidation sites excluding steroid dienone is 1. The van der Waals surface area contributed by atoms with Crippen molar-refractivity contribution in [2.24, 2.45) is 5.92 Å². The van der Waals surface area contributed by atoms with Crippen molar-refractivity contribution < 1.29 is 38.5 Å². The summed E-state index contributed by atoms with van der Waals surface area (Å²) in [6, 6.07) is 13.3. The van der Waals surface area contributed by atoms with Crippen LogP contribution in [0.25, 0.3) is 28.2 Å². The topological polar surface area (TPSA) is 156 Å². The first-order valence-corrected chi connectivity index (χ1v) is 17.5. The third-order valence-corrected chi connectivity index (χ3v) is 9.84. The molecular weight excluding hydrogens is 652 g/mol. The summed E-state index contributed by atoms with van der Waals surface area (Å²) in [7, 11) is 1.60. The molecule has 2 fully saturated rings. The minimum Gasteiger partial charge on any atom is -0.496 e. The molecule has 1 saturated heterocycles. The van der Waals surface area contributed by atoms with E-state index in [1.165, 1.54) is 11.0 Å². The number of hydrogen-bond donors (Lipinski definition) is 3. The van der Waals surface area contributed by atoms with Crippen molar-refractivity contribution in [3.63, 3.8) is 0 Å². The minimum atomic E-state index is -1.49. The maximum absolute atomic E-state index is 14.3. The number of unbranched alkanes of at least 4 members (excludes halogenated alkanes) is 1. The van der Waals surface area contributed by atoms with Gasteiger partial charge in [0.1, 0.15) is 35.2 Å². The van der Waals surface area contributed by atoms with E-state index in [2.05, 4.69) is 17.2 Å². The first-order valence-electron chi connectivity index (χ1n) is 17.5. The number of amides is 3. The zero-order valence-corrected chi connectivity index (χ0v) is 28.9. The van der Waals surface area contributed by atoms with Gasteiger partial charge in [-0.3, -0.25) is 9.59 Å². The van der Waals surface area contributed by atoms with Crippen molar-refractivity contribution in [3.8, 4) is 22.8 Å². The molecule has 12 nitrogen and oxygen atoms in total. The zero-order chi connectivity index (χ0) is 36.1. The highest BCUT2D eigenvalue weighted by Gasteiger charge is 2.61. The van der Waals surface area contributed by atoms with Gasteiger partial charge in [0.15, 0.2) is 0 Å². The number of methoxy groups -OCH3 is 1. The molecule has 6 rings (SSSR count). The molecule has 3 aromatic rings. The molecule has 0 spiro atoms. The number of nitrogens with one attached hydrogen (secondary N) is 2. The number of nitrogens with zero attached hydrogens (tertiary/aromatic N) is 2. The van der Waals surface area contributed by atoms with E-state index in [4.69, 9.17) is 19.2 Å². The van der Waals surface area contributed by atoms with Gasteiger partial charge in [-0.25, -0.2) is 14.6 Å². The fraction of sp³-hybridized carbons (Fsp3) is 0.410. The normalized spacial score (nSPS) is 25.5. The molecular formula is C39H44N4O8. The summed E-state index contributed by atoms with van der Waals surface area (Å²) in [6.45, 7) is 5.86. The maximum Gasteiger partial charge on any atom is 0.407 e. The van der Waals surface area contributed by atoms with E-state index in [-0.39, 0.29) is 26.0 Å². The molecule has 0 unspecified atom stereocenters. The minimum absolute atomic E-state index is 0.0225. The number of carbonyl (C=O) groups is 4. The monoisotopic (exact) mass is 696 g/mol. The summed E-state index contributed by atoms with van der Waals surface area (Å²) in [6.07, 6.45) is 7.28. The number of fused-ring (bicyclic) bond motifs is 3. The van der Waals surface area contributed by atoms with Crippen LogP contribution >= 0.6 is 0 Å². The van der Waals surface area contributed by atoms with E-state index in [1.54, 1.807) is 7.11 Å². The van der Waals surface area contributed by atoms with E-state index in [0.29, 0.717) is 48.4 Å². The van der Waals surface area contributed by atoms with Gasteiger partial charge in [-0.05, 0) is 31.7 Å². The summed E-state index contributed by atoms with van der Waals surface area (Å²) in [5.74, 6) is -1.55. The van der Waals surface area contributed by atoms with Crippen LogP contribution in [0, 0.1) is 5.92 Å². The van der Waals surface area contributed by atoms with Gasteiger partial charge in [-0.15, -0.1) is 6.58 Å². The van der Waals surface area contributed by atoms with Crippen molar-refractivity contribution in [2.75, 3.05) is 20.3 Å². The number of carbonyl (C=O) groups excluding carboxylic acids is 3. The molecule has 2 aliphatic heterocycles. The first-order chi connectivity index (χ1) is 24.7. The molecule has 3 heterocycles. The van der Waals surface area contributed by atoms with Gasteiger partial charge in [0, 0.05) is 41.0 Å². The van der Waals surface area contributed by atoms with Crippen LogP contribution in [0.3, 0.4) is 0 Å². The quantitative estimate of drug-likeness (QED) is 0.246. The number of carboxylic acids is 1. The Morgan fingerprint density at radius 3 is 2.73 bits per heavy atom. The van der Waals surface area contributed by atoms with Crippen LogP contribution in [0.5, 0.6) is 11.5 Å². The second-order valence-electron chi connectivity index (χ2n) is 13.3. The van der Waals surface area contributed by atoms with Gasteiger partial charge >= 0.3 is 12.1 Å². The van der Waals surface area contributed by atoms with Crippen LogP contribution in [-0.4, -0.2) is 82.9 Å². The molecule has 2 aromatic carbocycles. The van der Waals surface area contributed by atoms with Crippen LogP contribution in [0.4, 0.5) is 4.79 Å². The highest BCUT2D eigenvalue weighted by atomic mass is 16.5. The van der Waals surface area contributed by atoms with Crippen molar-refractivity contribution in [1.29, 1.82) is 0 Å². The van der Waals surface area contributed by atoms with Gasteiger partial charge in [-0.2, -0.15) is 0 Å². The molecule has 268 valence electrons. The molecule has 3 N–H and O–H groups in total. The molecule has 4 bridgehead atoms. The predicted molar refractivity (Wildman–Crippen MR) is 191 cm³/mol. The van der Waals surface area contributed by atoms with E-state index >= 15 is 0 Å². The van der Waals surface area contributed by atoms with Gasteiger partial charge < -0.3 is 34.9 Å². The van der Waals surface area contributed by atoms with Gasteiger partial charge in [-0.1, -0.05) is 68.3 Å². The molecule has 5 atom stereocenters. The van der Waals surface area contributed by atoms with Gasteiger partial charge in [0.2, 0.25) is 11.8 Å². The molecule has 0 radical (unpaired) electrons. The van der Waals surface area contributed by atoms with Gasteiger partial charge in [0.05, 0.1) is 31.5 Å². The Balaban J connectivity index is 1.43. The fourth-order valence-electron chi connectivity index (χ4n) is 6.90. The first kappa shape index (κ1) is 35.4. The highest BCUT2D eigenvalue weighted by molar-refractivity contribution is 5.96. The number of cyclic esters (lactones) is 1. The number of rotatable bonds is 9. The lowest BCUT2D eigenvalue weighted by Gasteiger charge is -2.29. The summed E-state index contributed by atoms with van der Waals surface area (Å²) in [5, 5.41) is 16.2. The highest BCUT2D eigenvalue weighted by Crippen LogP contribution is 2.45. The van der Waals surface area contributed by atoms with Crippen LogP contribution in [0.1, 0.15) is 57.4 Å². The Morgan fingerprint density at radius 1 is 1.22 bits per heavy atom. The Bertz CT molecular complexity index is 1850. The van der Waals surface area contributed by atoms with E-state index in [0.717, 1.165) is 22.9 Å². The van der Waals surface area contributed by atoms with E-state index < -0.39 is 53.5 Å². The van der Waals surface area contributed by atoms with E-state index in [1.807, 2.05) is 67.6 Å². The number of aromatic nitrogens is 1. The Morgan fingerprint density at radius 2 is 2.02 bits per heavy atom. The third kappa shape index (κ3) is 7.54. The molecule has 3 aliphatic rings. The third-order valence-electron chi connectivity index (χ3n) is 9.84. The van der Waals surface area contributed by atoms with Crippen molar-refractivity contribution in [1.82, 2.24) is 20.5 Å². The van der Waals surface area contributed by atoms with Gasteiger partial charge in [0.25, 0.3) is 0 Å². The lowest BCUT2D eigenvalue weighted by molar-refractivity contribution is -0.145. The van der Waals surface area contributed by atoms with Crippen LogP contribution < -0.4 is 20.1 Å². The van der Waals surface area contributed by atoms with Crippen molar-refractivity contribution in [2.45, 2.75) is 75.6 Å². The number of alkyl carbamates (subject to hydrolysis) is 1. The van der Waals surface area contributed by atoms with E-state index in [9.17, 15) is 24.3 Å². The van der Waals surface area contributed by atoms with Crippen LogP contribution in [-0.2, 0) is 19.1 Å². The number of carboxylic acid groups (broad SMARTS) is 1. The molecule has 12 heteroatoms. The second kappa shape index (κ2) is 15.2. The molecule has 1 aromatic heterocycles. The summed E-state index contributed by atoms with van der Waals surface area (Å²) < 4.78 is 17.9. The Labute approximate surface area is 296 Å². The SMILES string of the molecule is C=C[C@H]1C[C@]1(NC(=O)[C@@H]1C[C@@H]2CN1C(=O)[C@H](CCCC)NC(=O)OCCC/C=C/c1cc3c(cc(-c4ccccc4)nc3cc1OC)O2)C(=O)O. The summed E-state index contributed by atoms with van der Waals surface area (Å²) >= 11 is 0. The average Bonchev–Trinajstić information content (AvgIpc) is 3.70. The lowest BCUT2D eigenvalue weighted by atomic mass is 10.0. The Hall–Kier alpha value is -5.39. The smallest absolute Gasteiger partial charge is 0.407 e. The number of aliphatic carboxylic acids is 1. The Kier molecular flexibility index (Phi) is 10.6. The number of benzene rings is 2. The standard InChI is InChI=1S/C39H44N4O8/c1-4-6-16-29-36(45)43-23-27(19-32(43)35(44)42-39(37(46)47)22-26(39)5-2)51-34-20-30(24-13-9-7-10-14-24)40-31-21-33(49-3)25(18-28(31)34)15-11-8-12-17-50-38(48)41-29/h5,7,9-11,13-15,18,20-21,26-27,29,32H,2,4,6,8,12,16-17,19,22-23H2,1,3H3,(H,41,48)(H,42,44)(H,46,47)/b15-11+/t26-,27+,29-,32-,39+/m0/s1.